The molecule has 1 aliphatic heterocycles. The molecule has 3 heterocycles. The molecule has 0 atom stereocenters. The van der Waals surface area contributed by atoms with E-state index in [-0.39, 0.29) is 0 Å². The summed E-state index contributed by atoms with van der Waals surface area (Å²) >= 11 is 6.69. The molecule has 0 saturated carbocycles. The summed E-state index contributed by atoms with van der Waals surface area (Å²) in [4.78, 5) is 20.0. The molecule has 0 amide bonds. The van der Waals surface area contributed by atoms with Gasteiger partial charge in [-0.3, -0.25) is 0 Å². The van der Waals surface area contributed by atoms with E-state index in [1.165, 1.54) is 22.9 Å². The Kier molecular flexibility index (Phi) is 5.63. The van der Waals surface area contributed by atoms with Gasteiger partial charge in [0.25, 0.3) is 0 Å². The van der Waals surface area contributed by atoms with Crippen molar-refractivity contribution in [1.82, 2.24) is 25.3 Å². The van der Waals surface area contributed by atoms with Gasteiger partial charge >= 0.3 is 0 Å². The number of aromatic nitrogens is 4. The van der Waals surface area contributed by atoms with Gasteiger partial charge in [-0.25, -0.2) is 15.0 Å². The number of hydrogen-bond donors (Lipinski definition) is 2. The highest BCUT2D eigenvalue weighted by molar-refractivity contribution is 7.99. The Bertz CT molecular complexity index is 956. The van der Waals surface area contributed by atoms with Crippen LogP contribution in [0.1, 0.15) is 18.1 Å². The minimum Gasteiger partial charge on any atom is -0.363 e. The lowest BCUT2D eigenvalue weighted by molar-refractivity contribution is 0.843. The summed E-state index contributed by atoms with van der Waals surface area (Å²) < 4.78 is 0. The summed E-state index contributed by atoms with van der Waals surface area (Å²) in [6.07, 6.45) is 3.43. The Morgan fingerprint density at radius 3 is 2.50 bits per heavy atom. The highest BCUT2D eigenvalue weighted by Gasteiger charge is 2.21. The van der Waals surface area contributed by atoms with Gasteiger partial charge in [-0.2, -0.15) is 4.98 Å². The van der Waals surface area contributed by atoms with Crippen molar-refractivity contribution in [1.29, 1.82) is 0 Å². The number of nitrogens with zero attached hydrogens (tertiary/aromatic N) is 5. The van der Waals surface area contributed by atoms with Gasteiger partial charge in [-0.05, 0) is 48.1 Å². The third-order valence-electron chi connectivity index (χ3n) is 4.15. The number of thiocarbonyl (C=S) groups is 1. The van der Waals surface area contributed by atoms with Gasteiger partial charge in [0.2, 0.25) is 5.95 Å². The average Bonchev–Trinajstić information content (AvgIpc) is 3.13. The maximum Gasteiger partial charge on any atom is 0.232 e. The maximum absolute atomic E-state index is 5.30. The van der Waals surface area contributed by atoms with Crippen LogP contribution in [0.5, 0.6) is 0 Å². The van der Waals surface area contributed by atoms with E-state index >= 15 is 0 Å². The minimum absolute atomic E-state index is 0.456. The van der Waals surface area contributed by atoms with E-state index in [0.717, 1.165) is 30.5 Å². The van der Waals surface area contributed by atoms with E-state index in [0.29, 0.717) is 16.2 Å². The molecule has 0 saturated heterocycles. The van der Waals surface area contributed by atoms with Crippen molar-refractivity contribution in [2.45, 2.75) is 30.2 Å². The first kappa shape index (κ1) is 18.6. The van der Waals surface area contributed by atoms with Crippen LogP contribution < -0.4 is 15.5 Å². The van der Waals surface area contributed by atoms with Gasteiger partial charge in [0.15, 0.2) is 10.3 Å². The SMILES string of the molecule is CCNC(=S)Nc1nc(Sc2ncccn2)cc(N2Cc3ccccc3C2)n1. The fraction of sp³-hybridized carbons (Fsp3) is 0.211. The van der Waals surface area contributed by atoms with Crippen molar-refractivity contribution in [2.75, 3.05) is 16.8 Å². The minimum atomic E-state index is 0.456. The Morgan fingerprint density at radius 1 is 1.11 bits per heavy atom. The second kappa shape index (κ2) is 8.49. The van der Waals surface area contributed by atoms with Crippen molar-refractivity contribution >= 4 is 40.9 Å². The topological polar surface area (TPSA) is 78.9 Å². The first-order valence-electron chi connectivity index (χ1n) is 8.92. The molecule has 2 N–H and O–H groups in total. The summed E-state index contributed by atoms with van der Waals surface area (Å²) in [6.45, 7) is 4.35. The van der Waals surface area contributed by atoms with E-state index in [4.69, 9.17) is 12.2 Å². The van der Waals surface area contributed by atoms with Crippen molar-refractivity contribution in [3.05, 3.63) is 59.9 Å². The Labute approximate surface area is 173 Å². The van der Waals surface area contributed by atoms with Crippen LogP contribution in [0.15, 0.2) is 59.0 Å². The molecule has 0 spiro atoms. The molecule has 2 aromatic heterocycles. The number of benzene rings is 1. The molecule has 3 aromatic rings. The van der Waals surface area contributed by atoms with Crippen molar-refractivity contribution in [3.63, 3.8) is 0 Å². The first-order chi connectivity index (χ1) is 13.7. The summed E-state index contributed by atoms with van der Waals surface area (Å²) in [5, 5.41) is 8.02. The van der Waals surface area contributed by atoms with Gasteiger partial charge in [0.1, 0.15) is 10.8 Å². The molecular formula is C19H19N7S2. The normalized spacial score (nSPS) is 12.5. The fourth-order valence-corrected chi connectivity index (χ4v) is 3.86. The monoisotopic (exact) mass is 409 g/mol. The van der Waals surface area contributed by atoms with Crippen LogP contribution in [0.4, 0.5) is 11.8 Å². The predicted octanol–water partition coefficient (Wildman–Crippen LogP) is 3.24. The van der Waals surface area contributed by atoms with Gasteiger partial charge in [-0.1, -0.05) is 24.3 Å². The molecule has 0 aliphatic carbocycles. The predicted molar refractivity (Wildman–Crippen MR) is 114 cm³/mol. The summed E-state index contributed by atoms with van der Waals surface area (Å²) in [5.41, 5.74) is 2.64. The number of hydrogen-bond acceptors (Lipinski definition) is 7. The molecule has 0 radical (unpaired) electrons. The van der Waals surface area contributed by atoms with E-state index in [2.05, 4.69) is 59.7 Å². The second-order valence-electron chi connectivity index (χ2n) is 6.13. The Balaban J connectivity index is 1.63. The molecule has 0 unspecified atom stereocenters. The van der Waals surface area contributed by atoms with E-state index in [1.807, 2.05) is 13.0 Å². The lowest BCUT2D eigenvalue weighted by Gasteiger charge is -2.18. The summed E-state index contributed by atoms with van der Waals surface area (Å²) in [5.74, 6) is 1.30. The fourth-order valence-electron chi connectivity index (χ4n) is 2.92. The Hall–Kier alpha value is -2.78. The molecular weight excluding hydrogens is 390 g/mol. The van der Waals surface area contributed by atoms with Crippen LogP contribution >= 0.6 is 24.0 Å². The summed E-state index contributed by atoms with van der Waals surface area (Å²) in [7, 11) is 0. The van der Waals surface area contributed by atoms with Gasteiger partial charge in [0.05, 0.1) is 0 Å². The standard InChI is InChI=1S/C19H19N7S2/c1-2-20-18(27)25-17-23-15(26-11-13-6-3-4-7-14(13)12-26)10-16(24-17)28-19-21-8-5-9-22-19/h3-10H,2,11-12H2,1H3,(H2,20,23,24,25,27). The second-order valence-corrected chi connectivity index (χ2v) is 7.53. The molecule has 7 nitrogen and oxygen atoms in total. The largest absolute Gasteiger partial charge is 0.363 e. The zero-order valence-electron chi connectivity index (χ0n) is 15.3. The van der Waals surface area contributed by atoms with Gasteiger partial charge < -0.3 is 15.5 Å². The van der Waals surface area contributed by atoms with Crippen LogP contribution in [-0.2, 0) is 13.1 Å². The quantitative estimate of drug-likeness (QED) is 0.375. The molecule has 9 heteroatoms. The van der Waals surface area contributed by atoms with Crippen molar-refractivity contribution in [3.8, 4) is 0 Å². The number of nitrogens with one attached hydrogen (secondary N) is 2. The van der Waals surface area contributed by atoms with E-state index < -0.39 is 0 Å². The van der Waals surface area contributed by atoms with Crippen LogP contribution in [0.25, 0.3) is 0 Å². The van der Waals surface area contributed by atoms with E-state index in [9.17, 15) is 0 Å². The first-order valence-corrected chi connectivity index (χ1v) is 10.1. The highest BCUT2D eigenvalue weighted by Crippen LogP contribution is 2.31. The average molecular weight is 410 g/mol. The lowest BCUT2D eigenvalue weighted by Crippen LogP contribution is -2.29. The maximum atomic E-state index is 5.30. The van der Waals surface area contributed by atoms with Crippen molar-refractivity contribution < 1.29 is 0 Å². The van der Waals surface area contributed by atoms with Crippen LogP contribution in [0, 0.1) is 0 Å². The zero-order chi connectivity index (χ0) is 19.3. The van der Waals surface area contributed by atoms with Crippen LogP contribution in [0.3, 0.4) is 0 Å². The third kappa shape index (κ3) is 4.37. The van der Waals surface area contributed by atoms with Crippen molar-refractivity contribution in [2.24, 2.45) is 0 Å². The third-order valence-corrected chi connectivity index (χ3v) is 5.21. The molecule has 4 rings (SSSR count). The van der Waals surface area contributed by atoms with Gasteiger partial charge in [-0.15, -0.1) is 0 Å². The molecule has 28 heavy (non-hydrogen) atoms. The van der Waals surface area contributed by atoms with Gasteiger partial charge in [0, 0.05) is 38.1 Å². The Morgan fingerprint density at radius 2 is 1.82 bits per heavy atom. The molecule has 1 aromatic carbocycles. The van der Waals surface area contributed by atoms with Crippen LogP contribution in [-0.4, -0.2) is 31.6 Å². The zero-order valence-corrected chi connectivity index (χ0v) is 16.9. The smallest absolute Gasteiger partial charge is 0.232 e. The molecule has 142 valence electrons. The van der Waals surface area contributed by atoms with E-state index in [1.54, 1.807) is 18.5 Å². The lowest BCUT2D eigenvalue weighted by atomic mass is 10.1. The number of anilines is 2. The molecule has 0 fully saturated rings. The van der Waals surface area contributed by atoms with Crippen LogP contribution in [0.2, 0.25) is 0 Å². The molecule has 0 bridgehead atoms. The highest BCUT2D eigenvalue weighted by atomic mass is 32.2. The number of rotatable bonds is 5. The molecule has 1 aliphatic rings. The number of fused-ring (bicyclic) bond motifs is 1. The summed E-state index contributed by atoms with van der Waals surface area (Å²) in [6, 6.07) is 12.2.